The summed E-state index contributed by atoms with van der Waals surface area (Å²) in [5.74, 6) is -0.936. The Bertz CT molecular complexity index is 568. The first kappa shape index (κ1) is 12.5. The maximum atomic E-state index is 11.9. The first-order chi connectivity index (χ1) is 9.65. The van der Waals surface area contributed by atoms with Crippen LogP contribution in [0.3, 0.4) is 0 Å². The van der Waals surface area contributed by atoms with Crippen molar-refractivity contribution in [3.63, 3.8) is 0 Å². The van der Waals surface area contributed by atoms with Crippen LogP contribution in [0.1, 0.15) is 12.8 Å². The average Bonchev–Trinajstić information content (AvgIpc) is 2.78. The van der Waals surface area contributed by atoms with E-state index in [2.05, 4.69) is 0 Å². The van der Waals surface area contributed by atoms with E-state index in [1.165, 1.54) is 0 Å². The second-order valence-electron chi connectivity index (χ2n) is 4.36. The van der Waals surface area contributed by atoms with Crippen LogP contribution in [-0.4, -0.2) is 35.6 Å². The van der Waals surface area contributed by atoms with Crippen LogP contribution in [-0.2, 0) is 19.2 Å². The van der Waals surface area contributed by atoms with Gasteiger partial charge in [-0.25, -0.2) is 4.79 Å². The molecule has 2 amide bonds. The molecule has 7 nitrogen and oxygen atoms in total. The van der Waals surface area contributed by atoms with Gasteiger partial charge >= 0.3 is 5.97 Å². The number of hydrogen-bond acceptors (Lipinski definition) is 6. The summed E-state index contributed by atoms with van der Waals surface area (Å²) in [7, 11) is 0. The predicted octanol–water partition coefficient (Wildman–Crippen LogP) is 0.434. The van der Waals surface area contributed by atoms with Crippen LogP contribution in [0.4, 0.5) is 0 Å². The second kappa shape index (κ2) is 4.84. The first-order valence-electron chi connectivity index (χ1n) is 6.11. The third kappa shape index (κ3) is 2.18. The quantitative estimate of drug-likeness (QED) is 0.729. The van der Waals surface area contributed by atoms with E-state index in [0.717, 1.165) is 0 Å². The van der Waals surface area contributed by atoms with Gasteiger partial charge in [-0.3, -0.25) is 9.59 Å². The van der Waals surface area contributed by atoms with Gasteiger partial charge in [-0.05, 0) is 12.1 Å². The van der Waals surface area contributed by atoms with E-state index in [-0.39, 0.29) is 19.4 Å². The fourth-order valence-electron chi connectivity index (χ4n) is 1.94. The van der Waals surface area contributed by atoms with Gasteiger partial charge in [0.2, 0.25) is 6.10 Å². The summed E-state index contributed by atoms with van der Waals surface area (Å²) in [4.78, 5) is 39.4. The molecule has 0 bridgehead atoms. The molecule has 0 saturated carbocycles. The van der Waals surface area contributed by atoms with Crippen molar-refractivity contribution in [3.05, 3.63) is 24.3 Å². The number of imide groups is 1. The molecule has 7 heteroatoms. The number of fused-ring (bicyclic) bond motifs is 1. The van der Waals surface area contributed by atoms with Crippen molar-refractivity contribution in [1.29, 1.82) is 0 Å². The zero-order chi connectivity index (χ0) is 14.1. The maximum Gasteiger partial charge on any atom is 0.376 e. The lowest BCUT2D eigenvalue weighted by molar-refractivity contribution is -0.203. The number of nitrogens with zero attached hydrogens (tertiary/aromatic N) is 1. The largest absolute Gasteiger partial charge is 0.485 e. The third-order valence-corrected chi connectivity index (χ3v) is 2.96. The molecule has 3 rings (SSSR count). The summed E-state index contributed by atoms with van der Waals surface area (Å²) in [6, 6.07) is 6.89. The lowest BCUT2D eigenvalue weighted by Gasteiger charge is -2.25. The molecular weight excluding hydrogens is 266 g/mol. The van der Waals surface area contributed by atoms with Crippen LogP contribution < -0.4 is 9.47 Å². The van der Waals surface area contributed by atoms with Crippen LogP contribution in [0, 0.1) is 0 Å². The molecule has 0 N–H and O–H groups in total. The van der Waals surface area contributed by atoms with Crippen LogP contribution in [0.25, 0.3) is 0 Å². The molecule has 0 radical (unpaired) electrons. The number of carbonyl (C=O) groups is 3. The van der Waals surface area contributed by atoms with Gasteiger partial charge in [-0.1, -0.05) is 12.1 Å². The van der Waals surface area contributed by atoms with Gasteiger partial charge in [-0.15, -0.1) is 5.06 Å². The molecule has 0 aromatic heterocycles. The molecule has 104 valence electrons. The summed E-state index contributed by atoms with van der Waals surface area (Å²) in [5, 5.41) is 0.492. The minimum atomic E-state index is -1.01. The van der Waals surface area contributed by atoms with Crippen molar-refractivity contribution in [1.82, 2.24) is 5.06 Å². The van der Waals surface area contributed by atoms with Crippen molar-refractivity contribution in [2.24, 2.45) is 0 Å². The van der Waals surface area contributed by atoms with Crippen molar-refractivity contribution >= 4 is 17.8 Å². The van der Waals surface area contributed by atoms with Gasteiger partial charge in [0.25, 0.3) is 11.8 Å². The second-order valence-corrected chi connectivity index (χ2v) is 4.36. The number of hydroxylamine groups is 2. The Morgan fingerprint density at radius 1 is 1.15 bits per heavy atom. The third-order valence-electron chi connectivity index (χ3n) is 2.96. The van der Waals surface area contributed by atoms with Crippen molar-refractivity contribution < 1.29 is 28.7 Å². The van der Waals surface area contributed by atoms with Gasteiger partial charge in [0.15, 0.2) is 11.5 Å². The van der Waals surface area contributed by atoms with Crippen LogP contribution >= 0.6 is 0 Å². The lowest BCUT2D eigenvalue weighted by atomic mass is 10.2. The maximum absolute atomic E-state index is 11.9. The Morgan fingerprint density at radius 3 is 2.50 bits per heavy atom. The van der Waals surface area contributed by atoms with Crippen LogP contribution in [0.2, 0.25) is 0 Å². The van der Waals surface area contributed by atoms with E-state index in [9.17, 15) is 14.4 Å². The minimum absolute atomic E-state index is 0.0356. The Morgan fingerprint density at radius 2 is 1.80 bits per heavy atom. The van der Waals surface area contributed by atoms with E-state index in [1.54, 1.807) is 24.3 Å². The standard InChI is InChI=1S/C13H11NO6/c15-11-5-6-12(16)14(11)20-13(17)10-7-18-8-3-1-2-4-9(8)19-10/h1-4,10H,5-7H2. The van der Waals surface area contributed by atoms with Gasteiger partial charge in [0, 0.05) is 12.8 Å². The SMILES string of the molecule is O=C(ON1C(=O)CCC1=O)C1COc2ccccc2O1. The fraction of sp³-hybridized carbons (Fsp3) is 0.308. The summed E-state index contributed by atoms with van der Waals surface area (Å²) in [6.45, 7) is -0.0356. The molecular formula is C13H11NO6. The molecule has 1 fully saturated rings. The molecule has 1 unspecified atom stereocenters. The number of benzene rings is 1. The average molecular weight is 277 g/mol. The topological polar surface area (TPSA) is 82.1 Å². The lowest BCUT2D eigenvalue weighted by Crippen LogP contribution is -2.42. The summed E-state index contributed by atoms with van der Waals surface area (Å²) in [5.41, 5.74) is 0. The van der Waals surface area contributed by atoms with Gasteiger partial charge in [0.05, 0.1) is 0 Å². The zero-order valence-electron chi connectivity index (χ0n) is 10.4. The van der Waals surface area contributed by atoms with Crippen LogP contribution in [0.15, 0.2) is 24.3 Å². The Balaban J connectivity index is 1.67. The molecule has 1 aromatic rings. The van der Waals surface area contributed by atoms with Crippen molar-refractivity contribution in [2.75, 3.05) is 6.61 Å². The fourth-order valence-corrected chi connectivity index (χ4v) is 1.94. The number of hydrogen-bond donors (Lipinski definition) is 0. The zero-order valence-corrected chi connectivity index (χ0v) is 10.4. The molecule has 2 aliphatic rings. The molecule has 2 aliphatic heterocycles. The monoisotopic (exact) mass is 277 g/mol. The predicted molar refractivity (Wildman–Crippen MR) is 63.5 cm³/mol. The number of carbonyl (C=O) groups excluding carboxylic acids is 3. The van der Waals surface area contributed by atoms with Gasteiger partial charge in [-0.2, -0.15) is 0 Å². The van der Waals surface area contributed by atoms with Crippen molar-refractivity contribution in [3.8, 4) is 11.5 Å². The molecule has 0 aliphatic carbocycles. The molecule has 1 aromatic carbocycles. The molecule has 20 heavy (non-hydrogen) atoms. The summed E-state index contributed by atoms with van der Waals surface area (Å²) >= 11 is 0. The highest BCUT2D eigenvalue weighted by Crippen LogP contribution is 2.31. The van der Waals surface area contributed by atoms with Crippen molar-refractivity contribution in [2.45, 2.75) is 18.9 Å². The highest BCUT2D eigenvalue weighted by molar-refractivity contribution is 6.01. The molecule has 0 spiro atoms. The van der Waals surface area contributed by atoms with Gasteiger partial charge in [0.1, 0.15) is 6.61 Å². The van der Waals surface area contributed by atoms with E-state index < -0.39 is 23.9 Å². The highest BCUT2D eigenvalue weighted by Gasteiger charge is 2.37. The Hall–Kier alpha value is -2.57. The first-order valence-corrected chi connectivity index (χ1v) is 6.11. The molecule has 1 atom stereocenters. The number of para-hydroxylation sites is 2. The van der Waals surface area contributed by atoms with E-state index in [1.807, 2.05) is 0 Å². The van der Waals surface area contributed by atoms with Gasteiger partial charge < -0.3 is 14.3 Å². The molecule has 1 saturated heterocycles. The number of ether oxygens (including phenoxy) is 2. The normalized spacial score (nSPS) is 21.0. The van der Waals surface area contributed by atoms with Crippen LogP contribution in [0.5, 0.6) is 11.5 Å². The Kier molecular flexibility index (Phi) is 3.02. The van der Waals surface area contributed by atoms with E-state index in [4.69, 9.17) is 14.3 Å². The van der Waals surface area contributed by atoms with E-state index >= 15 is 0 Å². The summed E-state index contributed by atoms with van der Waals surface area (Å²) in [6.07, 6.45) is -0.903. The smallest absolute Gasteiger partial charge is 0.376 e. The highest BCUT2D eigenvalue weighted by atomic mass is 16.7. The number of rotatable bonds is 2. The summed E-state index contributed by atoms with van der Waals surface area (Å²) < 4.78 is 10.8. The van der Waals surface area contributed by atoms with E-state index in [0.29, 0.717) is 16.6 Å². The molecule has 2 heterocycles. The number of amides is 2. The Labute approximate surface area is 114 Å². The minimum Gasteiger partial charge on any atom is -0.485 e.